The van der Waals surface area contributed by atoms with Crippen LogP contribution in [-0.4, -0.2) is 31.8 Å². The average Bonchev–Trinajstić information content (AvgIpc) is 2.37. The average molecular weight is 357 g/mol. The van der Waals surface area contributed by atoms with Gasteiger partial charge in [-0.25, -0.2) is 0 Å². The van der Waals surface area contributed by atoms with Crippen LogP contribution in [0.3, 0.4) is 0 Å². The lowest BCUT2D eigenvalue weighted by Crippen LogP contribution is -2.37. The van der Waals surface area contributed by atoms with Gasteiger partial charge in [0.1, 0.15) is 0 Å². The molecule has 0 fully saturated rings. The van der Waals surface area contributed by atoms with E-state index in [1.165, 1.54) is 11.3 Å². The lowest BCUT2D eigenvalue weighted by Gasteiger charge is -2.32. The molecule has 0 spiro atoms. The molecule has 0 radical (unpaired) electrons. The summed E-state index contributed by atoms with van der Waals surface area (Å²) in [5, 5.41) is 3.58. The molecule has 0 bridgehead atoms. The molecule has 120 valence electrons. The largest absolute Gasteiger partial charge is 0.383 e. The Balaban J connectivity index is 3.02. The van der Waals surface area contributed by atoms with Gasteiger partial charge in [-0.15, -0.1) is 0 Å². The van der Waals surface area contributed by atoms with Gasteiger partial charge < -0.3 is 15.0 Å². The molecule has 0 atom stereocenters. The molecule has 0 unspecified atom stereocenters. The highest BCUT2D eigenvalue weighted by molar-refractivity contribution is 9.10. The maximum Gasteiger partial charge on any atom is 0.0637 e. The number of halogens is 1. The van der Waals surface area contributed by atoms with Crippen molar-refractivity contribution in [3.8, 4) is 0 Å². The van der Waals surface area contributed by atoms with Crippen molar-refractivity contribution in [3.63, 3.8) is 0 Å². The van der Waals surface area contributed by atoms with Crippen LogP contribution in [0, 0.1) is 0 Å². The molecule has 21 heavy (non-hydrogen) atoms. The Morgan fingerprint density at radius 1 is 1.29 bits per heavy atom. The highest BCUT2D eigenvalue weighted by Gasteiger charge is 2.16. The Bertz CT molecular complexity index is 441. The van der Waals surface area contributed by atoms with Crippen LogP contribution in [-0.2, 0) is 11.3 Å². The molecule has 0 heterocycles. The minimum Gasteiger partial charge on any atom is -0.383 e. The molecular formula is C17H29BrN2O. The van der Waals surface area contributed by atoms with Gasteiger partial charge in [0.2, 0.25) is 0 Å². The quantitative estimate of drug-likeness (QED) is 0.792. The fraction of sp³-hybridized carbons (Fsp3) is 0.647. The van der Waals surface area contributed by atoms with Crippen LogP contribution in [0.15, 0.2) is 22.7 Å². The highest BCUT2D eigenvalue weighted by Crippen LogP contribution is 2.26. The summed E-state index contributed by atoms with van der Waals surface area (Å²) in [5.74, 6) is 0. The maximum absolute atomic E-state index is 5.26. The minimum absolute atomic E-state index is 0.106. The van der Waals surface area contributed by atoms with E-state index in [1.807, 2.05) is 0 Å². The number of nitrogens with one attached hydrogen (secondary N) is 1. The molecule has 1 rings (SSSR count). The fourth-order valence-corrected chi connectivity index (χ4v) is 2.59. The van der Waals surface area contributed by atoms with Crippen molar-refractivity contribution in [3.05, 3.63) is 28.2 Å². The number of hydrogen-bond donors (Lipinski definition) is 1. The second-order valence-corrected chi connectivity index (χ2v) is 7.57. The second kappa shape index (κ2) is 8.16. The zero-order chi connectivity index (χ0) is 16.0. The van der Waals surface area contributed by atoms with E-state index < -0.39 is 0 Å². The molecule has 0 aromatic heterocycles. The summed E-state index contributed by atoms with van der Waals surface area (Å²) in [6.45, 7) is 13.5. The number of methoxy groups -OCH3 is 1. The van der Waals surface area contributed by atoms with E-state index in [9.17, 15) is 0 Å². The summed E-state index contributed by atoms with van der Waals surface area (Å²) in [6, 6.07) is 6.95. The first-order valence-electron chi connectivity index (χ1n) is 7.53. The molecule has 1 aromatic rings. The van der Waals surface area contributed by atoms with Crippen molar-refractivity contribution < 1.29 is 4.74 Å². The van der Waals surface area contributed by atoms with Crippen LogP contribution >= 0.6 is 15.9 Å². The van der Waals surface area contributed by atoms with Crippen LogP contribution in [0.5, 0.6) is 0 Å². The number of benzene rings is 1. The minimum atomic E-state index is 0.106. The van der Waals surface area contributed by atoms with Gasteiger partial charge in [0.05, 0.1) is 6.61 Å². The van der Waals surface area contributed by atoms with Gasteiger partial charge in [-0.3, -0.25) is 0 Å². The third kappa shape index (κ3) is 6.37. The summed E-state index contributed by atoms with van der Waals surface area (Å²) in [4.78, 5) is 2.40. The first-order valence-corrected chi connectivity index (χ1v) is 8.33. The molecule has 0 aliphatic heterocycles. The summed E-state index contributed by atoms with van der Waals surface area (Å²) in [6.07, 6.45) is 0. The van der Waals surface area contributed by atoms with Crippen molar-refractivity contribution >= 4 is 21.6 Å². The van der Waals surface area contributed by atoms with Gasteiger partial charge in [0, 0.05) is 41.9 Å². The normalized spacial score (nSPS) is 12.0. The molecule has 0 aliphatic rings. The molecule has 0 saturated carbocycles. The topological polar surface area (TPSA) is 24.5 Å². The van der Waals surface area contributed by atoms with Crippen LogP contribution in [0.1, 0.15) is 40.2 Å². The summed E-state index contributed by atoms with van der Waals surface area (Å²) in [7, 11) is 1.75. The molecule has 4 heteroatoms. The van der Waals surface area contributed by atoms with Gasteiger partial charge in [-0.1, -0.05) is 15.9 Å². The Kier molecular flexibility index (Phi) is 7.17. The SMILES string of the molecule is COCCN(c1ccc(Br)cc1CNC(C)(C)C)C(C)C. The predicted molar refractivity (Wildman–Crippen MR) is 95.1 cm³/mol. The Hall–Kier alpha value is -0.580. The van der Waals surface area contributed by atoms with Crippen LogP contribution < -0.4 is 10.2 Å². The van der Waals surface area contributed by atoms with Crippen molar-refractivity contribution in [2.45, 2.75) is 52.7 Å². The molecule has 1 N–H and O–H groups in total. The van der Waals surface area contributed by atoms with Gasteiger partial charge in [0.25, 0.3) is 0 Å². The Morgan fingerprint density at radius 2 is 1.95 bits per heavy atom. The summed E-state index contributed by atoms with van der Waals surface area (Å²) in [5.41, 5.74) is 2.69. The highest BCUT2D eigenvalue weighted by atomic mass is 79.9. The molecule has 1 aromatic carbocycles. The lowest BCUT2D eigenvalue weighted by molar-refractivity contribution is 0.203. The molecule has 0 saturated heterocycles. The van der Waals surface area contributed by atoms with E-state index in [0.29, 0.717) is 6.04 Å². The number of anilines is 1. The van der Waals surface area contributed by atoms with Gasteiger partial charge in [-0.2, -0.15) is 0 Å². The molecule has 3 nitrogen and oxygen atoms in total. The molecular weight excluding hydrogens is 328 g/mol. The first-order chi connectivity index (χ1) is 9.74. The number of ether oxygens (including phenoxy) is 1. The van der Waals surface area contributed by atoms with Gasteiger partial charge in [0.15, 0.2) is 0 Å². The van der Waals surface area contributed by atoms with Crippen LogP contribution in [0.4, 0.5) is 5.69 Å². The fourth-order valence-electron chi connectivity index (χ4n) is 2.18. The summed E-state index contributed by atoms with van der Waals surface area (Å²) >= 11 is 3.58. The van der Waals surface area contributed by atoms with E-state index in [4.69, 9.17) is 4.74 Å². The first kappa shape index (κ1) is 18.5. The van der Waals surface area contributed by atoms with E-state index >= 15 is 0 Å². The molecule has 0 aliphatic carbocycles. The van der Waals surface area contributed by atoms with Crippen molar-refractivity contribution in [1.82, 2.24) is 5.32 Å². The number of nitrogens with zero attached hydrogens (tertiary/aromatic N) is 1. The van der Waals surface area contributed by atoms with Crippen molar-refractivity contribution in [2.75, 3.05) is 25.2 Å². The second-order valence-electron chi connectivity index (χ2n) is 6.66. The van der Waals surface area contributed by atoms with Crippen LogP contribution in [0.2, 0.25) is 0 Å². The van der Waals surface area contributed by atoms with Crippen molar-refractivity contribution in [2.24, 2.45) is 0 Å². The van der Waals surface area contributed by atoms with E-state index in [-0.39, 0.29) is 5.54 Å². The van der Waals surface area contributed by atoms with E-state index in [2.05, 4.69) is 79.0 Å². The zero-order valence-corrected chi connectivity index (χ0v) is 15.8. The van der Waals surface area contributed by atoms with Gasteiger partial charge >= 0.3 is 0 Å². The zero-order valence-electron chi connectivity index (χ0n) is 14.2. The predicted octanol–water partition coefficient (Wildman–Crippen LogP) is 4.20. The Morgan fingerprint density at radius 3 is 2.48 bits per heavy atom. The Labute approximate surface area is 138 Å². The smallest absolute Gasteiger partial charge is 0.0637 e. The van der Waals surface area contributed by atoms with E-state index in [1.54, 1.807) is 7.11 Å². The lowest BCUT2D eigenvalue weighted by atomic mass is 10.1. The monoisotopic (exact) mass is 356 g/mol. The maximum atomic E-state index is 5.26. The van der Waals surface area contributed by atoms with Crippen molar-refractivity contribution in [1.29, 1.82) is 0 Å². The standard InChI is InChI=1S/C17H29BrN2O/c1-13(2)20(9-10-21-6)16-8-7-15(18)11-14(16)12-19-17(3,4)5/h7-8,11,13,19H,9-10,12H2,1-6H3. The summed E-state index contributed by atoms with van der Waals surface area (Å²) < 4.78 is 6.37. The third-order valence-electron chi connectivity index (χ3n) is 3.32. The van der Waals surface area contributed by atoms with E-state index in [0.717, 1.165) is 24.2 Å². The molecule has 0 amide bonds. The third-order valence-corrected chi connectivity index (χ3v) is 3.81. The number of rotatable bonds is 7. The van der Waals surface area contributed by atoms with Gasteiger partial charge in [-0.05, 0) is 58.4 Å². The van der Waals surface area contributed by atoms with Crippen LogP contribution in [0.25, 0.3) is 0 Å². The number of hydrogen-bond acceptors (Lipinski definition) is 3.